The number of Topliss-reactive ketones (excluding diaryl/α,β-unsaturated/α-hetero) is 1. The van der Waals surface area contributed by atoms with Crippen LogP contribution in [-0.2, 0) is 14.3 Å². The number of amides is 2. The number of carbonyl (C=O) groups is 4. The molecule has 1 saturated heterocycles. The molecular weight excluding hydrogens is 440 g/mol. The van der Waals surface area contributed by atoms with Crippen molar-refractivity contribution >= 4 is 23.8 Å². The van der Waals surface area contributed by atoms with Gasteiger partial charge in [-0.15, -0.1) is 0 Å². The zero-order valence-electron chi connectivity index (χ0n) is 21.3. The molecule has 0 saturated carbocycles. The molecule has 190 valence electrons. The Balaban J connectivity index is 1.91. The number of carbonyl (C=O) groups excluding carboxylic acids is 4. The molecule has 2 atom stereocenters. The Morgan fingerprint density at radius 2 is 1.79 bits per heavy atom. The van der Waals surface area contributed by atoms with Gasteiger partial charge in [0.15, 0.2) is 5.78 Å². The lowest BCUT2D eigenvalue weighted by atomic mass is 9.94. The van der Waals surface area contributed by atoms with Crippen LogP contribution in [0.1, 0.15) is 72.6 Å². The van der Waals surface area contributed by atoms with Crippen molar-refractivity contribution in [1.82, 2.24) is 20.5 Å². The number of H-pyrrole nitrogens is 1. The van der Waals surface area contributed by atoms with Gasteiger partial charge in [0.2, 0.25) is 5.91 Å². The lowest BCUT2D eigenvalue weighted by Gasteiger charge is -2.35. The van der Waals surface area contributed by atoms with Crippen molar-refractivity contribution in [3.8, 4) is 0 Å². The molecule has 0 spiro atoms. The molecular formula is C24H38N4O6. The van der Waals surface area contributed by atoms with E-state index in [1.165, 1.54) is 7.11 Å². The second-order valence-corrected chi connectivity index (χ2v) is 9.71. The zero-order valence-corrected chi connectivity index (χ0v) is 21.3. The molecule has 0 bridgehead atoms. The molecule has 0 radical (unpaired) electrons. The number of ketones is 1. The smallest absolute Gasteiger partial charge is 0.407 e. The van der Waals surface area contributed by atoms with Gasteiger partial charge in [0.05, 0.1) is 30.3 Å². The average molecular weight is 479 g/mol. The van der Waals surface area contributed by atoms with Crippen molar-refractivity contribution in [3.05, 3.63) is 22.5 Å². The largest absolute Gasteiger partial charge is 0.465 e. The summed E-state index contributed by atoms with van der Waals surface area (Å²) in [5, 5.41) is 5.47. The van der Waals surface area contributed by atoms with Gasteiger partial charge in [0.1, 0.15) is 5.60 Å². The molecule has 0 aliphatic carbocycles. The third-order valence-corrected chi connectivity index (χ3v) is 5.92. The minimum absolute atomic E-state index is 0.102. The number of alkyl carbamates (subject to hydrolysis) is 1. The third-order valence-electron chi connectivity index (χ3n) is 5.92. The van der Waals surface area contributed by atoms with Gasteiger partial charge in [0, 0.05) is 25.3 Å². The van der Waals surface area contributed by atoms with Crippen LogP contribution in [0.15, 0.2) is 0 Å². The van der Waals surface area contributed by atoms with Gasteiger partial charge >= 0.3 is 12.1 Å². The fourth-order valence-corrected chi connectivity index (χ4v) is 4.16. The Hall–Kier alpha value is -2.88. The number of aromatic nitrogens is 1. The summed E-state index contributed by atoms with van der Waals surface area (Å²) >= 11 is 0. The van der Waals surface area contributed by atoms with Crippen molar-refractivity contribution in [2.24, 2.45) is 5.92 Å². The second-order valence-electron chi connectivity index (χ2n) is 9.71. The Bertz CT molecular complexity index is 917. The highest BCUT2D eigenvalue weighted by atomic mass is 16.6. The molecule has 1 aliphatic heterocycles. The van der Waals surface area contributed by atoms with Gasteiger partial charge in [0.25, 0.3) is 0 Å². The van der Waals surface area contributed by atoms with E-state index in [1.54, 1.807) is 34.6 Å². The third kappa shape index (κ3) is 7.06. The number of esters is 1. The van der Waals surface area contributed by atoms with Gasteiger partial charge in [-0.1, -0.05) is 0 Å². The predicted octanol–water partition coefficient (Wildman–Crippen LogP) is 2.34. The fraction of sp³-hybridized carbons (Fsp3) is 0.667. The van der Waals surface area contributed by atoms with Crippen LogP contribution in [0.25, 0.3) is 0 Å². The maximum Gasteiger partial charge on any atom is 0.407 e. The number of hydrogen-bond acceptors (Lipinski definition) is 7. The highest BCUT2D eigenvalue weighted by molar-refractivity contribution is 6.03. The van der Waals surface area contributed by atoms with Crippen LogP contribution in [0.3, 0.4) is 0 Å². The zero-order chi connectivity index (χ0) is 25.6. The number of nitrogens with zero attached hydrogens (tertiary/aromatic N) is 1. The summed E-state index contributed by atoms with van der Waals surface area (Å²) < 4.78 is 10.00. The predicted molar refractivity (Wildman–Crippen MR) is 127 cm³/mol. The number of aromatic amines is 1. The van der Waals surface area contributed by atoms with E-state index in [1.807, 2.05) is 11.8 Å². The first-order chi connectivity index (χ1) is 15.9. The number of piperidine rings is 1. The lowest BCUT2D eigenvalue weighted by molar-refractivity contribution is -0.126. The number of likely N-dealkylation sites (tertiary alicyclic amines) is 1. The Kier molecular flexibility index (Phi) is 9.26. The molecule has 0 aromatic carbocycles. The Labute approximate surface area is 201 Å². The van der Waals surface area contributed by atoms with Gasteiger partial charge < -0.3 is 25.1 Å². The fourth-order valence-electron chi connectivity index (χ4n) is 4.16. The van der Waals surface area contributed by atoms with E-state index in [2.05, 4.69) is 15.6 Å². The first-order valence-electron chi connectivity index (χ1n) is 11.7. The summed E-state index contributed by atoms with van der Waals surface area (Å²) in [6.45, 7) is 12.4. The van der Waals surface area contributed by atoms with E-state index in [9.17, 15) is 19.2 Å². The minimum Gasteiger partial charge on any atom is -0.465 e. The molecule has 3 N–H and O–H groups in total. The first-order valence-corrected chi connectivity index (χ1v) is 11.7. The summed E-state index contributed by atoms with van der Waals surface area (Å²) in [6.07, 6.45) is 1.00. The summed E-state index contributed by atoms with van der Waals surface area (Å²) in [4.78, 5) is 54.7. The molecule has 1 aromatic rings. The highest BCUT2D eigenvalue weighted by Gasteiger charge is 2.33. The molecule has 2 unspecified atom stereocenters. The molecule has 10 nitrogen and oxygen atoms in total. The summed E-state index contributed by atoms with van der Waals surface area (Å²) in [6, 6.07) is -0.452. The highest BCUT2D eigenvalue weighted by Crippen LogP contribution is 2.24. The van der Waals surface area contributed by atoms with Gasteiger partial charge in [-0.3, -0.25) is 14.5 Å². The van der Waals surface area contributed by atoms with E-state index in [0.717, 1.165) is 12.8 Å². The number of methoxy groups -OCH3 is 1. The van der Waals surface area contributed by atoms with E-state index in [4.69, 9.17) is 9.47 Å². The number of rotatable bonds is 8. The SMILES string of the molecule is COC(=O)c1c(C)[nH]c(C(=O)C(C)N2CCCC(C(=O)NCCNC(=O)OC(C)(C)C)C2)c1C. The summed E-state index contributed by atoms with van der Waals surface area (Å²) in [7, 11) is 1.31. The van der Waals surface area contributed by atoms with Crippen LogP contribution >= 0.6 is 0 Å². The normalized spacial score (nSPS) is 17.6. The van der Waals surface area contributed by atoms with Crippen LogP contribution in [0.5, 0.6) is 0 Å². The molecule has 1 aromatic heterocycles. The minimum atomic E-state index is -0.578. The van der Waals surface area contributed by atoms with E-state index in [-0.39, 0.29) is 24.2 Å². The van der Waals surface area contributed by atoms with Crippen molar-refractivity contribution in [2.45, 2.75) is 66.0 Å². The molecule has 2 amide bonds. The van der Waals surface area contributed by atoms with Crippen molar-refractivity contribution < 1.29 is 28.7 Å². The van der Waals surface area contributed by atoms with Crippen molar-refractivity contribution in [1.29, 1.82) is 0 Å². The summed E-state index contributed by atoms with van der Waals surface area (Å²) in [5.74, 6) is -0.954. The topological polar surface area (TPSA) is 130 Å². The van der Waals surface area contributed by atoms with Gasteiger partial charge in [-0.05, 0) is 66.5 Å². The van der Waals surface area contributed by atoms with E-state index < -0.39 is 23.7 Å². The van der Waals surface area contributed by atoms with Crippen molar-refractivity contribution in [3.63, 3.8) is 0 Å². The number of nitrogens with one attached hydrogen (secondary N) is 3. The summed E-state index contributed by atoms with van der Waals surface area (Å²) in [5.41, 5.74) is 1.37. The second kappa shape index (κ2) is 11.5. The van der Waals surface area contributed by atoms with Crippen LogP contribution < -0.4 is 10.6 Å². The van der Waals surface area contributed by atoms with E-state index in [0.29, 0.717) is 42.1 Å². The molecule has 1 aliphatic rings. The monoisotopic (exact) mass is 478 g/mol. The molecule has 2 heterocycles. The van der Waals surface area contributed by atoms with Crippen LogP contribution in [0.4, 0.5) is 4.79 Å². The average Bonchev–Trinajstić information content (AvgIpc) is 3.07. The maximum atomic E-state index is 13.2. The van der Waals surface area contributed by atoms with Crippen LogP contribution in [0.2, 0.25) is 0 Å². The molecule has 2 rings (SSSR count). The van der Waals surface area contributed by atoms with Crippen molar-refractivity contribution in [2.75, 3.05) is 33.3 Å². The number of aryl methyl sites for hydroxylation is 1. The Morgan fingerprint density at radius 1 is 1.15 bits per heavy atom. The standard InChI is InChI=1S/C24H38N4O6/c1-14-18(22(31)33-7)15(2)27-19(14)20(29)16(3)28-12-8-9-17(13-28)21(30)25-10-11-26-23(32)34-24(4,5)6/h16-17,27H,8-13H2,1-7H3,(H,25,30)(H,26,32). The lowest BCUT2D eigenvalue weighted by Crippen LogP contribution is -2.49. The number of ether oxygens (including phenoxy) is 2. The molecule has 10 heteroatoms. The quantitative estimate of drug-likeness (QED) is 0.297. The Morgan fingerprint density at radius 3 is 2.41 bits per heavy atom. The maximum absolute atomic E-state index is 13.2. The van der Waals surface area contributed by atoms with Gasteiger partial charge in [-0.25, -0.2) is 9.59 Å². The number of hydrogen-bond donors (Lipinski definition) is 3. The molecule has 34 heavy (non-hydrogen) atoms. The molecule has 1 fully saturated rings. The van der Waals surface area contributed by atoms with E-state index >= 15 is 0 Å². The van der Waals surface area contributed by atoms with Crippen LogP contribution in [-0.4, -0.2) is 78.6 Å². The van der Waals surface area contributed by atoms with Crippen LogP contribution in [0, 0.1) is 19.8 Å². The first kappa shape index (κ1) is 27.4. The van der Waals surface area contributed by atoms with Gasteiger partial charge in [-0.2, -0.15) is 0 Å².